The van der Waals surface area contributed by atoms with Gasteiger partial charge in [-0.1, -0.05) is 0 Å². The predicted octanol–water partition coefficient (Wildman–Crippen LogP) is -3.01. The van der Waals surface area contributed by atoms with Crippen LogP contribution >= 0.6 is 0 Å². The zero-order valence-electron chi connectivity index (χ0n) is 4.53. The number of nitrogens with zero attached hydrogens (tertiary/aromatic N) is 2. The van der Waals surface area contributed by atoms with E-state index in [1.807, 2.05) is 0 Å². The molecule has 0 aromatic carbocycles. The van der Waals surface area contributed by atoms with Gasteiger partial charge >= 0.3 is 34.9 Å². The Morgan fingerprint density at radius 2 is 2.29 bits per heavy atom. The number of rotatable bonds is 2. The van der Waals surface area contributed by atoms with Gasteiger partial charge in [0.25, 0.3) is 0 Å². The molecule has 0 bridgehead atoms. The first kappa shape index (κ1) is 9.93. The van der Waals surface area contributed by atoms with Crippen molar-refractivity contribution in [1.29, 1.82) is 0 Å². The summed E-state index contributed by atoms with van der Waals surface area (Å²) < 4.78 is 0. The van der Waals surface area contributed by atoms with Crippen molar-refractivity contribution in [3.05, 3.63) is 15.0 Å². The number of hydrogen-bond donors (Lipinski definition) is 0. The van der Waals surface area contributed by atoms with E-state index in [1.165, 1.54) is 5.34 Å². The van der Waals surface area contributed by atoms with Crippen LogP contribution in [0.25, 0.3) is 0 Å². The Morgan fingerprint density at radius 1 is 1.86 bits per heavy atom. The predicted molar refractivity (Wildman–Crippen MR) is 15.0 cm³/mol. The van der Waals surface area contributed by atoms with E-state index in [4.69, 9.17) is 15.0 Å². The fourth-order valence-electron chi connectivity index (χ4n) is 0.0272. The van der Waals surface area contributed by atoms with E-state index in [0.29, 0.717) is 0 Å². The third-order valence-corrected chi connectivity index (χ3v) is 0.100. The Morgan fingerprint density at radius 3 is 2.29 bits per heavy atom. The summed E-state index contributed by atoms with van der Waals surface area (Å²) in [6.45, 7) is 0. The summed E-state index contributed by atoms with van der Waals surface area (Å²) in [7, 11) is 0. The van der Waals surface area contributed by atoms with Crippen molar-refractivity contribution in [2.75, 3.05) is 0 Å². The van der Waals surface area contributed by atoms with E-state index in [2.05, 4.69) is 4.94 Å². The molecule has 0 fully saturated rings. The van der Waals surface area contributed by atoms with Crippen molar-refractivity contribution in [3.63, 3.8) is 0 Å². The van der Waals surface area contributed by atoms with E-state index >= 15 is 0 Å². The van der Waals surface area contributed by atoms with Crippen LogP contribution in [0.15, 0.2) is 5.34 Å². The van der Waals surface area contributed by atoms with Gasteiger partial charge in [0.15, 0.2) is 5.09 Å². The van der Waals surface area contributed by atoms with Gasteiger partial charge in [-0.3, -0.25) is 0 Å². The molecule has 0 aromatic heterocycles. The van der Waals surface area contributed by atoms with E-state index < -0.39 is 5.09 Å². The fraction of sp³-hybridized carbons (Fsp3) is 0. The van der Waals surface area contributed by atoms with Crippen molar-refractivity contribution < 1.29 is 41.0 Å². The fourth-order valence-corrected chi connectivity index (χ4v) is 0.0272. The van der Waals surface area contributed by atoms with Crippen LogP contribution in [0.5, 0.6) is 0 Å². The van der Waals surface area contributed by atoms with Crippen molar-refractivity contribution in [2.45, 2.75) is 0 Å². The molecule has 0 aliphatic carbocycles. The second-order valence-electron chi connectivity index (χ2n) is 0.380. The summed E-state index contributed by atoms with van der Waals surface area (Å²) in [5.74, 6) is 0. The summed E-state index contributed by atoms with van der Waals surface area (Å²) >= 11 is 0. The molecule has 0 saturated carbocycles. The minimum absolute atomic E-state index is 0. The van der Waals surface area contributed by atoms with E-state index in [0.717, 1.165) is 0 Å². The second-order valence-corrected chi connectivity index (χ2v) is 0.380. The Kier molecular flexibility index (Phi) is 8.23. The SMILES string of the molecule is O=NO[N+](=O)[O-].[H-].[Na+]. The summed E-state index contributed by atoms with van der Waals surface area (Å²) in [5.41, 5.74) is 0. The van der Waals surface area contributed by atoms with Gasteiger partial charge < -0.3 is 1.43 Å². The van der Waals surface area contributed by atoms with Gasteiger partial charge in [-0.25, -0.2) is 10.1 Å². The van der Waals surface area contributed by atoms with Crippen LogP contribution in [-0.2, 0) is 4.94 Å². The monoisotopic (exact) mass is 116 g/mol. The Hall–Kier alpha value is -0.200. The molecule has 7 heavy (non-hydrogen) atoms. The van der Waals surface area contributed by atoms with E-state index in [-0.39, 0.29) is 31.0 Å². The van der Waals surface area contributed by atoms with E-state index in [1.54, 1.807) is 0 Å². The van der Waals surface area contributed by atoms with Gasteiger partial charge in [-0.05, 0) is 0 Å². The number of hydrogen-bond acceptors (Lipinski definition) is 5. The van der Waals surface area contributed by atoms with Crippen molar-refractivity contribution >= 4 is 0 Å². The minimum atomic E-state index is -1.30. The summed E-state index contributed by atoms with van der Waals surface area (Å²) in [4.78, 5) is 20.4. The summed E-state index contributed by atoms with van der Waals surface area (Å²) in [6.07, 6.45) is 0. The molecule has 0 rings (SSSR count). The van der Waals surface area contributed by atoms with Crippen molar-refractivity contribution in [2.24, 2.45) is 5.34 Å². The van der Waals surface area contributed by atoms with Crippen LogP contribution in [0, 0.1) is 15.0 Å². The first-order valence-corrected chi connectivity index (χ1v) is 0.913. The molecule has 36 valence electrons. The summed E-state index contributed by atoms with van der Waals surface area (Å²) in [6, 6.07) is 0. The van der Waals surface area contributed by atoms with Gasteiger partial charge in [0.05, 0.1) is 0 Å². The Balaban J connectivity index is -0.000000125. The Labute approximate surface area is 61.6 Å². The van der Waals surface area contributed by atoms with Gasteiger partial charge in [-0.15, -0.1) is 4.94 Å². The minimum Gasteiger partial charge on any atom is -1.00 e. The molecule has 7 heteroatoms. The van der Waals surface area contributed by atoms with Gasteiger partial charge in [0, 0.05) is 4.91 Å². The maximum absolute atomic E-state index is 8.89. The molecule has 0 unspecified atom stereocenters. The van der Waals surface area contributed by atoms with Gasteiger partial charge in [-0.2, -0.15) is 0 Å². The molecule has 0 aromatic rings. The molecule has 0 aliphatic rings. The standard InChI is InChI=1S/N2O4.Na.H/c3-1-6-2(4)5;;/q;+1;-1. The molecule has 0 amide bonds. The van der Waals surface area contributed by atoms with E-state index in [9.17, 15) is 0 Å². The Bertz CT molecular complexity index is 74.4. The van der Waals surface area contributed by atoms with Crippen molar-refractivity contribution in [3.8, 4) is 0 Å². The quantitative estimate of drug-likeness (QED) is 0.166. The first-order chi connectivity index (χ1) is 2.77. The largest absolute Gasteiger partial charge is 1.00 e. The molecular formula is HN2NaO4. The average Bonchev–Trinajstić information content (AvgIpc) is 1.35. The van der Waals surface area contributed by atoms with Crippen LogP contribution in [0.3, 0.4) is 0 Å². The molecular weight excluding hydrogens is 115 g/mol. The third-order valence-electron chi connectivity index (χ3n) is 0.100. The topological polar surface area (TPSA) is 81.8 Å². The van der Waals surface area contributed by atoms with Gasteiger partial charge in [0.2, 0.25) is 0 Å². The van der Waals surface area contributed by atoms with Crippen LogP contribution < -0.4 is 29.6 Å². The van der Waals surface area contributed by atoms with Crippen LogP contribution in [-0.4, -0.2) is 5.09 Å². The van der Waals surface area contributed by atoms with Gasteiger partial charge in [0.1, 0.15) is 0 Å². The molecule has 0 heterocycles. The molecule has 6 nitrogen and oxygen atoms in total. The molecule has 0 N–H and O–H groups in total. The molecule has 0 spiro atoms. The second kappa shape index (κ2) is 5.80. The normalized spacial score (nSPS) is 5.71. The van der Waals surface area contributed by atoms with Crippen LogP contribution in [0.2, 0.25) is 0 Å². The smallest absolute Gasteiger partial charge is 1.00 e. The zero-order valence-corrected chi connectivity index (χ0v) is 5.53. The maximum atomic E-state index is 8.89. The van der Waals surface area contributed by atoms with Crippen molar-refractivity contribution in [1.82, 2.24) is 0 Å². The maximum Gasteiger partial charge on any atom is 1.00 e. The zero-order chi connectivity index (χ0) is 4.99. The molecule has 0 aliphatic heterocycles. The first-order valence-electron chi connectivity index (χ1n) is 0.913. The summed E-state index contributed by atoms with van der Waals surface area (Å²) in [5, 5.41) is 9.08. The molecule has 0 radical (unpaired) electrons. The van der Waals surface area contributed by atoms with Crippen LogP contribution in [0.4, 0.5) is 0 Å². The van der Waals surface area contributed by atoms with Crippen LogP contribution in [0.1, 0.15) is 1.43 Å². The molecule has 0 atom stereocenters. The average molecular weight is 116 g/mol. The molecule has 0 saturated heterocycles. The third kappa shape index (κ3) is 10.7.